The molecule has 0 radical (unpaired) electrons. The Hall–Kier alpha value is -2.41. The van der Waals surface area contributed by atoms with Crippen LogP contribution in [-0.2, 0) is 23.2 Å². The number of hydrogen-bond acceptors (Lipinski definition) is 4. The van der Waals surface area contributed by atoms with Gasteiger partial charge in [-0.3, -0.25) is 4.79 Å². The zero-order chi connectivity index (χ0) is 19.0. The van der Waals surface area contributed by atoms with Gasteiger partial charge in [0.05, 0.1) is 22.7 Å². The smallest absolute Gasteiger partial charge is 0.317 e. The van der Waals surface area contributed by atoms with Gasteiger partial charge in [0.15, 0.2) is 0 Å². The van der Waals surface area contributed by atoms with Gasteiger partial charge < -0.3 is 15.5 Å². The summed E-state index contributed by atoms with van der Waals surface area (Å²) in [5, 5.41) is 7.10. The summed E-state index contributed by atoms with van der Waals surface area (Å²) in [7, 11) is 0. The molecule has 6 nitrogen and oxygen atoms in total. The van der Waals surface area contributed by atoms with Crippen LogP contribution in [0, 0.1) is 6.92 Å². The van der Waals surface area contributed by atoms with Crippen LogP contribution in [0.1, 0.15) is 40.9 Å². The molecule has 1 atom stereocenters. The molecule has 2 N–H and O–H groups in total. The van der Waals surface area contributed by atoms with Crippen LogP contribution in [0.4, 0.5) is 10.5 Å². The van der Waals surface area contributed by atoms with Crippen LogP contribution < -0.4 is 10.6 Å². The average molecular weight is 385 g/mol. The summed E-state index contributed by atoms with van der Waals surface area (Å²) < 4.78 is 0. The number of para-hydroxylation sites is 1. The number of thiazole rings is 1. The van der Waals surface area contributed by atoms with Crippen molar-refractivity contribution < 1.29 is 9.59 Å². The average Bonchev–Trinajstić information content (AvgIpc) is 3.18. The molecule has 1 unspecified atom stereocenters. The lowest BCUT2D eigenvalue weighted by molar-refractivity contribution is -0.122. The lowest BCUT2D eigenvalue weighted by Crippen LogP contribution is -2.54. The topological polar surface area (TPSA) is 74.3 Å². The number of amides is 3. The van der Waals surface area contributed by atoms with E-state index in [2.05, 4.69) is 22.5 Å². The number of carbonyl (C=O) groups excluding carboxylic acids is 2. The molecule has 2 aliphatic heterocycles. The minimum atomic E-state index is -0.623. The van der Waals surface area contributed by atoms with Gasteiger partial charge in [0, 0.05) is 23.7 Å². The number of likely N-dealkylation sites (tertiary alicyclic amines) is 1. The Morgan fingerprint density at radius 2 is 2.22 bits per heavy atom. The highest BCUT2D eigenvalue weighted by Crippen LogP contribution is 2.43. The predicted octanol–water partition coefficient (Wildman–Crippen LogP) is 3.21. The van der Waals surface area contributed by atoms with Crippen LogP contribution in [0.5, 0.6) is 0 Å². The maximum absolute atomic E-state index is 12.8. The van der Waals surface area contributed by atoms with E-state index in [-0.39, 0.29) is 11.9 Å². The monoisotopic (exact) mass is 384 g/mol. The number of benzene rings is 1. The SMILES string of the molecule is CCc1nc(C)c(CNC(=O)N2CCCC3(C2)C(=O)Nc2ccccc23)s1. The number of fused-ring (bicyclic) bond motifs is 2. The zero-order valence-electron chi connectivity index (χ0n) is 15.7. The molecule has 4 rings (SSSR count). The fourth-order valence-corrected chi connectivity index (χ4v) is 5.03. The number of anilines is 1. The Labute approximate surface area is 163 Å². The molecule has 142 valence electrons. The Morgan fingerprint density at radius 1 is 1.41 bits per heavy atom. The number of urea groups is 1. The van der Waals surface area contributed by atoms with Gasteiger partial charge in [-0.05, 0) is 37.8 Å². The Morgan fingerprint density at radius 3 is 3.00 bits per heavy atom. The van der Waals surface area contributed by atoms with Crippen molar-refractivity contribution in [1.29, 1.82) is 0 Å². The number of rotatable bonds is 3. The maximum Gasteiger partial charge on any atom is 0.317 e. The van der Waals surface area contributed by atoms with Gasteiger partial charge in [-0.15, -0.1) is 11.3 Å². The van der Waals surface area contributed by atoms with Crippen molar-refractivity contribution in [3.63, 3.8) is 0 Å². The van der Waals surface area contributed by atoms with E-state index in [0.29, 0.717) is 19.6 Å². The largest absolute Gasteiger partial charge is 0.333 e. The van der Waals surface area contributed by atoms with E-state index >= 15 is 0 Å². The summed E-state index contributed by atoms with van der Waals surface area (Å²) in [6.07, 6.45) is 2.49. The molecular formula is C20H24N4O2S. The third-order valence-electron chi connectivity index (χ3n) is 5.54. The molecule has 1 aromatic carbocycles. The summed E-state index contributed by atoms with van der Waals surface area (Å²) in [5.74, 6) is 0.00656. The molecule has 7 heteroatoms. The van der Waals surface area contributed by atoms with E-state index in [4.69, 9.17) is 0 Å². The molecule has 0 saturated carbocycles. The minimum absolute atomic E-state index is 0.00656. The summed E-state index contributed by atoms with van der Waals surface area (Å²) in [6, 6.07) is 7.70. The first-order valence-electron chi connectivity index (χ1n) is 9.42. The van der Waals surface area contributed by atoms with E-state index < -0.39 is 5.41 Å². The van der Waals surface area contributed by atoms with Crippen LogP contribution >= 0.6 is 11.3 Å². The van der Waals surface area contributed by atoms with Crippen LogP contribution in [0.25, 0.3) is 0 Å². The zero-order valence-corrected chi connectivity index (χ0v) is 16.5. The van der Waals surface area contributed by atoms with Crippen LogP contribution in [0.2, 0.25) is 0 Å². The van der Waals surface area contributed by atoms with Gasteiger partial charge in [-0.25, -0.2) is 9.78 Å². The summed E-state index contributed by atoms with van der Waals surface area (Å²) in [6.45, 7) is 5.63. The quantitative estimate of drug-likeness (QED) is 0.853. The van der Waals surface area contributed by atoms with E-state index in [1.165, 1.54) is 0 Å². The molecule has 3 amide bonds. The van der Waals surface area contributed by atoms with Crippen molar-refractivity contribution in [2.24, 2.45) is 0 Å². The fraction of sp³-hybridized carbons (Fsp3) is 0.450. The number of piperidine rings is 1. The number of aromatic nitrogens is 1. The van der Waals surface area contributed by atoms with E-state index in [0.717, 1.165) is 46.1 Å². The molecule has 1 saturated heterocycles. The second-order valence-corrected chi connectivity index (χ2v) is 8.40. The second-order valence-electron chi connectivity index (χ2n) is 7.24. The first kappa shape index (κ1) is 18.0. The Balaban J connectivity index is 1.47. The van der Waals surface area contributed by atoms with E-state index in [9.17, 15) is 9.59 Å². The van der Waals surface area contributed by atoms with Gasteiger partial charge in [-0.2, -0.15) is 0 Å². The molecule has 27 heavy (non-hydrogen) atoms. The predicted molar refractivity (Wildman–Crippen MR) is 106 cm³/mol. The van der Waals surface area contributed by atoms with Crippen molar-refractivity contribution in [1.82, 2.24) is 15.2 Å². The Bertz CT molecular complexity index is 894. The van der Waals surface area contributed by atoms with Gasteiger partial charge >= 0.3 is 6.03 Å². The highest BCUT2D eigenvalue weighted by atomic mass is 32.1. The molecule has 1 aromatic heterocycles. The van der Waals surface area contributed by atoms with E-state index in [1.54, 1.807) is 16.2 Å². The van der Waals surface area contributed by atoms with Crippen molar-refractivity contribution >= 4 is 29.0 Å². The number of nitrogens with one attached hydrogen (secondary N) is 2. The highest BCUT2D eigenvalue weighted by molar-refractivity contribution is 7.11. The lowest BCUT2D eigenvalue weighted by Gasteiger charge is -2.39. The highest BCUT2D eigenvalue weighted by Gasteiger charge is 2.49. The summed E-state index contributed by atoms with van der Waals surface area (Å²) in [4.78, 5) is 32.9. The number of nitrogens with zero attached hydrogens (tertiary/aromatic N) is 2. The molecular weight excluding hydrogens is 360 g/mol. The Kier molecular flexibility index (Phi) is 4.63. The third kappa shape index (κ3) is 3.10. The molecule has 1 fully saturated rings. The van der Waals surface area contributed by atoms with Crippen LogP contribution in [0.3, 0.4) is 0 Å². The van der Waals surface area contributed by atoms with Crippen molar-refractivity contribution in [3.8, 4) is 0 Å². The van der Waals surface area contributed by atoms with Crippen LogP contribution in [0.15, 0.2) is 24.3 Å². The molecule has 2 aromatic rings. The normalized spacial score (nSPS) is 21.3. The molecule has 3 heterocycles. The minimum Gasteiger partial charge on any atom is -0.333 e. The van der Waals surface area contributed by atoms with Crippen molar-refractivity contribution in [2.45, 2.75) is 45.1 Å². The second kappa shape index (κ2) is 6.96. The van der Waals surface area contributed by atoms with Gasteiger partial charge in [0.25, 0.3) is 0 Å². The van der Waals surface area contributed by atoms with E-state index in [1.807, 2.05) is 31.2 Å². The summed E-state index contributed by atoms with van der Waals surface area (Å²) in [5.41, 5.74) is 2.24. The van der Waals surface area contributed by atoms with Gasteiger partial charge in [-0.1, -0.05) is 25.1 Å². The van der Waals surface area contributed by atoms with Crippen LogP contribution in [-0.4, -0.2) is 34.9 Å². The van der Waals surface area contributed by atoms with Crippen molar-refractivity contribution in [3.05, 3.63) is 45.4 Å². The maximum atomic E-state index is 12.8. The third-order valence-corrected chi connectivity index (χ3v) is 6.85. The number of hydrogen-bond donors (Lipinski definition) is 2. The fourth-order valence-electron chi connectivity index (χ4n) is 4.08. The molecule has 0 aliphatic carbocycles. The molecule has 0 bridgehead atoms. The molecule has 1 spiro atoms. The van der Waals surface area contributed by atoms with Gasteiger partial charge in [0.1, 0.15) is 0 Å². The standard InChI is InChI=1S/C20H24N4O2S/c1-3-17-22-13(2)16(27-17)11-21-19(26)24-10-6-9-20(12-24)14-7-4-5-8-15(14)23-18(20)25/h4-5,7-8H,3,6,9-12H2,1-2H3,(H,21,26)(H,23,25). The first-order chi connectivity index (χ1) is 13.0. The first-order valence-corrected chi connectivity index (χ1v) is 10.2. The lowest BCUT2D eigenvalue weighted by atomic mass is 9.75. The van der Waals surface area contributed by atoms with Gasteiger partial charge in [0.2, 0.25) is 5.91 Å². The summed E-state index contributed by atoms with van der Waals surface area (Å²) >= 11 is 1.65. The number of aryl methyl sites for hydroxylation is 2. The van der Waals surface area contributed by atoms with Crippen molar-refractivity contribution in [2.75, 3.05) is 18.4 Å². The number of carbonyl (C=O) groups is 2. The molecule has 2 aliphatic rings.